The third-order valence-corrected chi connectivity index (χ3v) is 6.29. The molecule has 0 aliphatic heterocycles. The number of nitrogens with zero attached hydrogens (tertiary/aromatic N) is 3. The van der Waals surface area contributed by atoms with Crippen LogP contribution in [0.2, 0.25) is 0 Å². The molecule has 2 aliphatic rings. The second-order valence-corrected chi connectivity index (χ2v) is 8.59. The van der Waals surface area contributed by atoms with Crippen molar-refractivity contribution in [3.8, 4) is 18.2 Å². The van der Waals surface area contributed by atoms with Crippen LogP contribution >= 0.6 is 0 Å². The Kier molecular flexibility index (Phi) is 4.59. The highest BCUT2D eigenvalue weighted by Crippen LogP contribution is 2.54. The zero-order valence-corrected chi connectivity index (χ0v) is 16.0. The summed E-state index contributed by atoms with van der Waals surface area (Å²) in [6, 6.07) is 16.2. The number of nitrogens with two attached hydrogens (primary N) is 1. The van der Waals surface area contributed by atoms with E-state index in [1.807, 2.05) is 30.3 Å². The molecule has 4 heteroatoms. The number of allylic oxidation sites excluding steroid dienone is 4. The molecule has 0 bridgehead atoms. The maximum Gasteiger partial charge on any atom is 0.139 e. The van der Waals surface area contributed by atoms with Crippen LogP contribution in [0.4, 0.5) is 0 Å². The van der Waals surface area contributed by atoms with Crippen molar-refractivity contribution in [2.45, 2.75) is 39.0 Å². The van der Waals surface area contributed by atoms with Crippen LogP contribution in [0.15, 0.2) is 53.3 Å². The summed E-state index contributed by atoms with van der Waals surface area (Å²) in [5.41, 5.74) is 7.35. The highest BCUT2D eigenvalue weighted by atomic mass is 14.7. The highest BCUT2D eigenvalue weighted by Gasteiger charge is 2.55. The van der Waals surface area contributed by atoms with Crippen molar-refractivity contribution < 1.29 is 0 Å². The van der Waals surface area contributed by atoms with Crippen molar-refractivity contribution in [2.24, 2.45) is 28.9 Å². The standard InChI is InChI=1S/C23H24N4/c1-22(2,3)16-9-10-17-18(11-16)20(13-25)23(14-26,21(27)19(17)12-24)15-7-5-4-6-8-15/h4-8,10,16,18,20H,9,11,27H2,1-3H3/t16-,18-,20-,23-/m1/s1. The summed E-state index contributed by atoms with van der Waals surface area (Å²) in [7, 11) is 0. The van der Waals surface area contributed by atoms with Crippen LogP contribution < -0.4 is 5.73 Å². The second kappa shape index (κ2) is 6.61. The Hall–Kier alpha value is -3.03. The zero-order chi connectivity index (χ0) is 19.8. The molecule has 0 amide bonds. The fraction of sp³-hybridized carbons (Fsp3) is 0.435. The molecule has 0 radical (unpaired) electrons. The van der Waals surface area contributed by atoms with Gasteiger partial charge in [0.25, 0.3) is 0 Å². The maximum absolute atomic E-state index is 10.3. The minimum Gasteiger partial charge on any atom is -0.399 e. The third kappa shape index (κ3) is 2.72. The number of hydrogen-bond donors (Lipinski definition) is 1. The molecule has 4 atom stereocenters. The number of rotatable bonds is 1. The molecule has 0 spiro atoms. The van der Waals surface area contributed by atoms with E-state index in [9.17, 15) is 15.8 Å². The van der Waals surface area contributed by atoms with Gasteiger partial charge in [0.1, 0.15) is 11.5 Å². The van der Waals surface area contributed by atoms with Gasteiger partial charge in [0.15, 0.2) is 0 Å². The van der Waals surface area contributed by atoms with Crippen LogP contribution in [0.25, 0.3) is 0 Å². The van der Waals surface area contributed by atoms with Gasteiger partial charge in [-0.15, -0.1) is 0 Å². The summed E-state index contributed by atoms with van der Waals surface area (Å²) in [6.07, 6.45) is 3.71. The van der Waals surface area contributed by atoms with E-state index in [0.717, 1.165) is 18.4 Å². The summed E-state index contributed by atoms with van der Waals surface area (Å²) in [5.74, 6) is -0.415. The first-order chi connectivity index (χ1) is 12.8. The lowest BCUT2D eigenvalue weighted by molar-refractivity contribution is 0.167. The minimum atomic E-state index is -1.30. The van der Waals surface area contributed by atoms with Crippen molar-refractivity contribution in [1.82, 2.24) is 0 Å². The molecule has 4 nitrogen and oxygen atoms in total. The molecule has 0 unspecified atom stereocenters. The predicted molar refractivity (Wildman–Crippen MR) is 103 cm³/mol. The monoisotopic (exact) mass is 356 g/mol. The van der Waals surface area contributed by atoms with Gasteiger partial charge in [-0.25, -0.2) is 0 Å². The van der Waals surface area contributed by atoms with Crippen molar-refractivity contribution in [3.05, 3.63) is 58.8 Å². The van der Waals surface area contributed by atoms with E-state index in [2.05, 4.69) is 45.1 Å². The van der Waals surface area contributed by atoms with Gasteiger partial charge in [-0.1, -0.05) is 57.2 Å². The smallest absolute Gasteiger partial charge is 0.139 e. The first-order valence-electron chi connectivity index (χ1n) is 9.28. The second-order valence-electron chi connectivity index (χ2n) is 8.59. The Balaban J connectivity index is 2.28. The van der Waals surface area contributed by atoms with E-state index in [4.69, 9.17) is 5.73 Å². The molecule has 1 aromatic carbocycles. The summed E-state index contributed by atoms with van der Waals surface area (Å²) >= 11 is 0. The van der Waals surface area contributed by atoms with Gasteiger partial charge in [0.05, 0.1) is 29.3 Å². The largest absolute Gasteiger partial charge is 0.399 e. The van der Waals surface area contributed by atoms with Gasteiger partial charge in [0, 0.05) is 5.92 Å². The first-order valence-corrected chi connectivity index (χ1v) is 9.28. The number of fused-ring (bicyclic) bond motifs is 1. The molecule has 3 rings (SSSR count). The Morgan fingerprint density at radius 1 is 1.11 bits per heavy atom. The molecule has 0 fully saturated rings. The number of benzene rings is 1. The summed E-state index contributed by atoms with van der Waals surface area (Å²) in [4.78, 5) is 0. The van der Waals surface area contributed by atoms with Crippen LogP contribution in [-0.2, 0) is 5.41 Å². The Morgan fingerprint density at radius 2 is 1.78 bits per heavy atom. The van der Waals surface area contributed by atoms with Crippen molar-refractivity contribution in [3.63, 3.8) is 0 Å². The Labute approximate surface area is 161 Å². The minimum absolute atomic E-state index is 0.0869. The summed E-state index contributed by atoms with van der Waals surface area (Å²) in [5, 5.41) is 30.2. The van der Waals surface area contributed by atoms with Gasteiger partial charge in [-0.2, -0.15) is 15.8 Å². The van der Waals surface area contributed by atoms with E-state index in [1.165, 1.54) is 0 Å². The summed E-state index contributed by atoms with van der Waals surface area (Å²) < 4.78 is 0. The van der Waals surface area contributed by atoms with Crippen molar-refractivity contribution in [2.75, 3.05) is 0 Å². The van der Waals surface area contributed by atoms with E-state index in [0.29, 0.717) is 17.1 Å². The van der Waals surface area contributed by atoms with Crippen molar-refractivity contribution in [1.29, 1.82) is 15.8 Å². The van der Waals surface area contributed by atoms with Crippen LogP contribution in [0.3, 0.4) is 0 Å². The molecule has 2 aliphatic carbocycles. The average Bonchev–Trinajstić information content (AvgIpc) is 2.66. The predicted octanol–water partition coefficient (Wildman–Crippen LogP) is 4.34. The molecular formula is C23H24N4. The molecule has 27 heavy (non-hydrogen) atoms. The van der Waals surface area contributed by atoms with Gasteiger partial charge in [-0.3, -0.25) is 0 Å². The van der Waals surface area contributed by atoms with Crippen LogP contribution in [-0.4, -0.2) is 0 Å². The van der Waals surface area contributed by atoms with Crippen molar-refractivity contribution >= 4 is 0 Å². The summed E-state index contributed by atoms with van der Waals surface area (Å²) in [6.45, 7) is 6.60. The first kappa shape index (κ1) is 18.8. The zero-order valence-electron chi connectivity index (χ0n) is 16.0. The van der Waals surface area contributed by atoms with Gasteiger partial charge < -0.3 is 5.73 Å². The fourth-order valence-corrected chi connectivity index (χ4v) is 4.62. The third-order valence-electron chi connectivity index (χ3n) is 6.29. The topological polar surface area (TPSA) is 97.4 Å². The van der Waals surface area contributed by atoms with Gasteiger partial charge >= 0.3 is 0 Å². The Bertz CT molecular complexity index is 928. The van der Waals surface area contributed by atoms with E-state index < -0.39 is 11.3 Å². The average molecular weight is 356 g/mol. The lowest BCUT2D eigenvalue weighted by Crippen LogP contribution is -2.48. The lowest BCUT2D eigenvalue weighted by atomic mass is 9.54. The van der Waals surface area contributed by atoms with Gasteiger partial charge in [0.2, 0.25) is 0 Å². The quantitative estimate of drug-likeness (QED) is 0.809. The Morgan fingerprint density at radius 3 is 2.30 bits per heavy atom. The molecule has 0 saturated heterocycles. The maximum atomic E-state index is 10.3. The van der Waals surface area contributed by atoms with E-state index in [1.54, 1.807) is 0 Å². The van der Waals surface area contributed by atoms with E-state index in [-0.39, 0.29) is 17.0 Å². The fourth-order valence-electron chi connectivity index (χ4n) is 4.62. The lowest BCUT2D eigenvalue weighted by Gasteiger charge is -2.46. The molecule has 0 saturated carbocycles. The van der Waals surface area contributed by atoms with Gasteiger partial charge in [-0.05, 0) is 35.3 Å². The normalized spacial score (nSPS) is 30.4. The molecular weight excluding hydrogens is 332 g/mol. The molecule has 2 N–H and O–H groups in total. The SMILES string of the molecule is CC(C)(C)[C@@H]1CC=C2C(C#N)=C(N)[C@](C#N)(c3ccccc3)[C@H](C#N)[C@@H]2C1. The van der Waals surface area contributed by atoms with Crippen LogP contribution in [0, 0.1) is 57.2 Å². The van der Waals surface area contributed by atoms with Crippen LogP contribution in [0.5, 0.6) is 0 Å². The molecule has 0 heterocycles. The number of hydrogen-bond acceptors (Lipinski definition) is 4. The number of nitriles is 3. The van der Waals surface area contributed by atoms with E-state index >= 15 is 0 Å². The highest BCUT2D eigenvalue weighted by molar-refractivity contribution is 5.60. The molecule has 136 valence electrons. The molecule has 0 aromatic heterocycles. The van der Waals surface area contributed by atoms with Crippen LogP contribution in [0.1, 0.15) is 39.2 Å². The molecule has 1 aromatic rings.